The number of rotatable bonds is 5. The van der Waals surface area contributed by atoms with Crippen LogP contribution in [-0.4, -0.2) is 5.91 Å². The summed E-state index contributed by atoms with van der Waals surface area (Å²) in [6.07, 6.45) is 1.44. The molecular formula is C23H19BrN2O2. The lowest BCUT2D eigenvalue weighted by molar-refractivity contribution is -0.112. The summed E-state index contributed by atoms with van der Waals surface area (Å²) >= 11 is 3.40. The summed E-state index contributed by atoms with van der Waals surface area (Å²) in [6.45, 7) is 4.21. The highest BCUT2D eigenvalue weighted by Crippen LogP contribution is 2.25. The summed E-state index contributed by atoms with van der Waals surface area (Å²) in [5.41, 5.74) is 2.72. The van der Waals surface area contributed by atoms with Gasteiger partial charge < -0.3 is 9.73 Å². The zero-order valence-electron chi connectivity index (χ0n) is 15.6. The van der Waals surface area contributed by atoms with Crippen LogP contribution in [0, 0.1) is 11.3 Å². The van der Waals surface area contributed by atoms with Gasteiger partial charge in [0.05, 0.1) is 0 Å². The van der Waals surface area contributed by atoms with Gasteiger partial charge in [0.25, 0.3) is 5.91 Å². The molecule has 5 heteroatoms. The molecule has 0 aliphatic heterocycles. The van der Waals surface area contributed by atoms with E-state index in [0.717, 1.165) is 10.0 Å². The summed E-state index contributed by atoms with van der Waals surface area (Å²) in [4.78, 5) is 12.4. The zero-order chi connectivity index (χ0) is 20.1. The second-order valence-corrected chi connectivity index (χ2v) is 7.53. The topological polar surface area (TPSA) is 66.0 Å². The summed E-state index contributed by atoms with van der Waals surface area (Å²) in [5, 5.41) is 12.1. The molecule has 0 spiro atoms. The van der Waals surface area contributed by atoms with Crippen molar-refractivity contribution in [2.75, 3.05) is 5.32 Å². The molecular weight excluding hydrogens is 416 g/mol. The number of nitrogens with zero attached hydrogens (tertiary/aromatic N) is 1. The number of halogens is 1. The van der Waals surface area contributed by atoms with Crippen LogP contribution in [-0.2, 0) is 4.79 Å². The molecule has 28 heavy (non-hydrogen) atoms. The van der Waals surface area contributed by atoms with E-state index in [1.807, 2.05) is 60.7 Å². The van der Waals surface area contributed by atoms with Gasteiger partial charge in [0.1, 0.15) is 23.2 Å². The van der Waals surface area contributed by atoms with Crippen LogP contribution in [0.5, 0.6) is 0 Å². The first-order valence-electron chi connectivity index (χ1n) is 8.85. The van der Waals surface area contributed by atoms with Crippen molar-refractivity contribution in [3.05, 3.63) is 82.0 Å². The van der Waals surface area contributed by atoms with E-state index < -0.39 is 5.91 Å². The van der Waals surface area contributed by atoms with Crippen LogP contribution < -0.4 is 5.32 Å². The molecule has 0 saturated heterocycles. The number of amides is 1. The van der Waals surface area contributed by atoms with E-state index in [-0.39, 0.29) is 5.57 Å². The van der Waals surface area contributed by atoms with Crippen molar-refractivity contribution < 1.29 is 9.21 Å². The Morgan fingerprint density at radius 2 is 1.75 bits per heavy atom. The molecule has 0 unspecified atom stereocenters. The summed E-state index contributed by atoms with van der Waals surface area (Å²) in [5.74, 6) is 1.06. The van der Waals surface area contributed by atoms with Gasteiger partial charge in [-0.3, -0.25) is 4.79 Å². The van der Waals surface area contributed by atoms with Crippen molar-refractivity contribution >= 4 is 33.6 Å². The number of nitrogens with one attached hydrogen (secondary N) is 1. The van der Waals surface area contributed by atoms with Gasteiger partial charge in [-0.2, -0.15) is 5.26 Å². The number of hydrogen-bond acceptors (Lipinski definition) is 3. The number of furan rings is 1. The van der Waals surface area contributed by atoms with E-state index in [1.54, 1.807) is 6.07 Å². The van der Waals surface area contributed by atoms with Gasteiger partial charge >= 0.3 is 0 Å². The van der Waals surface area contributed by atoms with E-state index in [1.165, 1.54) is 11.6 Å². The van der Waals surface area contributed by atoms with Crippen molar-refractivity contribution in [2.24, 2.45) is 0 Å². The SMILES string of the molecule is CC(C)c1ccc(NC(=O)/C(C#N)=C/c2ccc(-c3ccc(Br)cc3)o2)cc1. The molecule has 4 nitrogen and oxygen atoms in total. The number of nitriles is 1. The maximum absolute atomic E-state index is 12.4. The van der Waals surface area contributed by atoms with Crippen LogP contribution in [0.4, 0.5) is 5.69 Å². The monoisotopic (exact) mass is 434 g/mol. The molecule has 0 saturated carbocycles. The first kappa shape index (κ1) is 19.7. The summed E-state index contributed by atoms with van der Waals surface area (Å²) in [6, 6.07) is 20.8. The molecule has 140 valence electrons. The summed E-state index contributed by atoms with van der Waals surface area (Å²) < 4.78 is 6.74. The van der Waals surface area contributed by atoms with Crippen LogP contribution in [0.25, 0.3) is 17.4 Å². The molecule has 0 radical (unpaired) electrons. The van der Waals surface area contributed by atoms with Crippen LogP contribution >= 0.6 is 15.9 Å². The third-order valence-corrected chi connectivity index (χ3v) is 4.77. The Hall–Kier alpha value is -3.10. The van der Waals surface area contributed by atoms with Gasteiger partial charge in [-0.25, -0.2) is 0 Å². The van der Waals surface area contributed by atoms with E-state index in [4.69, 9.17) is 4.42 Å². The molecule has 0 fully saturated rings. The van der Waals surface area contributed by atoms with Gasteiger partial charge in [0.2, 0.25) is 0 Å². The Bertz CT molecular complexity index is 1040. The number of benzene rings is 2. The normalized spacial score (nSPS) is 11.3. The van der Waals surface area contributed by atoms with Gasteiger partial charge in [-0.1, -0.05) is 54.0 Å². The third kappa shape index (κ3) is 4.79. The molecule has 3 rings (SSSR count). The average molecular weight is 435 g/mol. The highest BCUT2D eigenvalue weighted by Gasteiger charge is 2.12. The molecule has 0 atom stereocenters. The number of anilines is 1. The van der Waals surface area contributed by atoms with E-state index in [9.17, 15) is 10.1 Å². The van der Waals surface area contributed by atoms with Crippen LogP contribution in [0.15, 0.2) is 75.1 Å². The second kappa shape index (κ2) is 8.73. The summed E-state index contributed by atoms with van der Waals surface area (Å²) in [7, 11) is 0. The highest BCUT2D eigenvalue weighted by molar-refractivity contribution is 9.10. The second-order valence-electron chi connectivity index (χ2n) is 6.61. The standard InChI is InChI=1S/C23H19BrN2O2/c1-15(2)16-5-9-20(10-6-16)26-23(27)18(14-25)13-21-11-12-22(28-21)17-3-7-19(24)8-4-17/h3-13,15H,1-2H3,(H,26,27)/b18-13+. The number of hydrogen-bond donors (Lipinski definition) is 1. The molecule has 0 bridgehead atoms. The van der Waals surface area contributed by atoms with Crippen LogP contribution in [0.3, 0.4) is 0 Å². The van der Waals surface area contributed by atoms with E-state index in [2.05, 4.69) is 35.1 Å². The van der Waals surface area contributed by atoms with Crippen molar-refractivity contribution in [1.29, 1.82) is 5.26 Å². The fourth-order valence-corrected chi connectivity index (χ4v) is 2.90. The Labute approximate surface area is 172 Å². The highest BCUT2D eigenvalue weighted by atomic mass is 79.9. The Morgan fingerprint density at radius 3 is 2.36 bits per heavy atom. The minimum absolute atomic E-state index is 0.0235. The maximum Gasteiger partial charge on any atom is 0.266 e. The van der Waals surface area contributed by atoms with Crippen molar-refractivity contribution in [1.82, 2.24) is 0 Å². The quantitative estimate of drug-likeness (QED) is 0.374. The lowest BCUT2D eigenvalue weighted by atomic mass is 10.0. The molecule has 1 N–H and O–H groups in total. The number of carbonyl (C=O) groups is 1. The molecule has 0 aliphatic rings. The van der Waals surface area contributed by atoms with Gasteiger partial charge in [-0.05, 0) is 47.9 Å². The Balaban J connectivity index is 1.75. The lowest BCUT2D eigenvalue weighted by Crippen LogP contribution is -2.13. The minimum atomic E-state index is -0.471. The third-order valence-electron chi connectivity index (χ3n) is 4.24. The molecule has 3 aromatic rings. The molecule has 1 amide bonds. The average Bonchev–Trinajstić information content (AvgIpc) is 3.15. The largest absolute Gasteiger partial charge is 0.457 e. The predicted octanol–water partition coefficient (Wildman–Crippen LogP) is 6.38. The molecule has 2 aromatic carbocycles. The van der Waals surface area contributed by atoms with Crippen molar-refractivity contribution in [3.8, 4) is 17.4 Å². The van der Waals surface area contributed by atoms with Crippen molar-refractivity contribution in [3.63, 3.8) is 0 Å². The van der Waals surface area contributed by atoms with Gasteiger partial charge in [0, 0.05) is 21.8 Å². The Morgan fingerprint density at radius 1 is 1.07 bits per heavy atom. The number of carbonyl (C=O) groups excluding carboxylic acids is 1. The van der Waals surface area contributed by atoms with Crippen LogP contribution in [0.1, 0.15) is 31.1 Å². The van der Waals surface area contributed by atoms with Crippen molar-refractivity contribution in [2.45, 2.75) is 19.8 Å². The van der Waals surface area contributed by atoms with Crippen LogP contribution in [0.2, 0.25) is 0 Å². The zero-order valence-corrected chi connectivity index (χ0v) is 17.2. The first-order chi connectivity index (χ1) is 13.5. The van der Waals surface area contributed by atoms with Gasteiger partial charge in [-0.15, -0.1) is 0 Å². The minimum Gasteiger partial charge on any atom is -0.457 e. The lowest BCUT2D eigenvalue weighted by Gasteiger charge is -2.08. The predicted molar refractivity (Wildman–Crippen MR) is 115 cm³/mol. The van der Waals surface area contributed by atoms with E-state index >= 15 is 0 Å². The molecule has 1 heterocycles. The maximum atomic E-state index is 12.4. The first-order valence-corrected chi connectivity index (χ1v) is 9.64. The molecule has 0 aliphatic carbocycles. The smallest absolute Gasteiger partial charge is 0.266 e. The fraction of sp³-hybridized carbons (Fsp3) is 0.130. The Kier molecular flexibility index (Phi) is 6.13. The fourth-order valence-electron chi connectivity index (χ4n) is 2.64. The van der Waals surface area contributed by atoms with Gasteiger partial charge in [0.15, 0.2) is 0 Å². The molecule has 1 aromatic heterocycles. The van der Waals surface area contributed by atoms with E-state index in [0.29, 0.717) is 23.1 Å².